The third kappa shape index (κ3) is 2.53. The zero-order valence-electron chi connectivity index (χ0n) is 7.81. The Morgan fingerprint density at radius 2 is 2.17 bits per heavy atom. The highest BCUT2D eigenvalue weighted by Crippen LogP contribution is 2.07. The van der Waals surface area contributed by atoms with Crippen LogP contribution >= 0.6 is 0 Å². The van der Waals surface area contributed by atoms with Crippen molar-refractivity contribution in [3.63, 3.8) is 0 Å². The second-order valence-corrected chi connectivity index (χ2v) is 2.25. The molecule has 4 heteroatoms. The number of rotatable bonds is 1. The molecule has 12 heavy (non-hydrogen) atoms. The Kier molecular flexibility index (Phi) is 5.08. The highest BCUT2D eigenvalue weighted by molar-refractivity contribution is 6.01. The Morgan fingerprint density at radius 3 is 2.50 bits per heavy atom. The Hall–Kier alpha value is -1.06. The molecule has 1 aliphatic heterocycles. The van der Waals surface area contributed by atoms with Gasteiger partial charge in [-0.3, -0.25) is 9.59 Å². The van der Waals surface area contributed by atoms with Crippen molar-refractivity contribution >= 4 is 11.8 Å². The van der Waals surface area contributed by atoms with Gasteiger partial charge < -0.3 is 10.6 Å². The average molecular weight is 172 g/mol. The molecule has 1 saturated heterocycles. The van der Waals surface area contributed by atoms with Gasteiger partial charge in [-0.15, -0.1) is 0 Å². The lowest BCUT2D eigenvalue weighted by Crippen LogP contribution is -2.32. The van der Waals surface area contributed by atoms with E-state index in [1.165, 1.54) is 7.05 Å². The van der Waals surface area contributed by atoms with Crippen molar-refractivity contribution in [2.75, 3.05) is 13.6 Å². The third-order valence-corrected chi connectivity index (χ3v) is 1.61. The number of amides is 2. The Labute approximate surface area is 72.7 Å². The highest BCUT2D eigenvalue weighted by atomic mass is 16.2. The molecule has 1 fully saturated rings. The van der Waals surface area contributed by atoms with Gasteiger partial charge in [0.1, 0.15) is 5.92 Å². The van der Waals surface area contributed by atoms with Crippen LogP contribution in [0.4, 0.5) is 0 Å². The summed E-state index contributed by atoms with van der Waals surface area (Å²) in [4.78, 5) is 21.7. The predicted molar refractivity (Wildman–Crippen MR) is 46.5 cm³/mol. The fourth-order valence-corrected chi connectivity index (χ4v) is 1.02. The lowest BCUT2D eigenvalue weighted by molar-refractivity contribution is -0.132. The van der Waals surface area contributed by atoms with Crippen LogP contribution in [0.3, 0.4) is 0 Å². The van der Waals surface area contributed by atoms with Crippen molar-refractivity contribution in [3.8, 4) is 0 Å². The minimum atomic E-state index is -0.454. The molecule has 1 unspecified atom stereocenters. The van der Waals surface area contributed by atoms with Crippen LogP contribution in [0.1, 0.15) is 20.3 Å². The molecule has 1 heterocycles. The molecule has 1 aliphatic rings. The van der Waals surface area contributed by atoms with Crippen LogP contribution in [0.15, 0.2) is 0 Å². The molecule has 4 nitrogen and oxygen atoms in total. The Balaban J connectivity index is 0.000000561. The van der Waals surface area contributed by atoms with Crippen molar-refractivity contribution < 1.29 is 9.59 Å². The lowest BCUT2D eigenvalue weighted by Gasteiger charge is -2.02. The van der Waals surface area contributed by atoms with Crippen LogP contribution in [-0.2, 0) is 9.59 Å². The van der Waals surface area contributed by atoms with Gasteiger partial charge in [-0.05, 0) is 6.42 Å². The van der Waals surface area contributed by atoms with Gasteiger partial charge >= 0.3 is 0 Å². The van der Waals surface area contributed by atoms with E-state index >= 15 is 0 Å². The number of carbonyl (C=O) groups is 2. The van der Waals surface area contributed by atoms with E-state index in [9.17, 15) is 9.59 Å². The van der Waals surface area contributed by atoms with Gasteiger partial charge in [0.25, 0.3) is 0 Å². The molecule has 1 rings (SSSR count). The fraction of sp³-hybridized carbons (Fsp3) is 0.750. The lowest BCUT2D eigenvalue weighted by atomic mass is 10.1. The minimum Gasteiger partial charge on any atom is -0.358 e. The van der Waals surface area contributed by atoms with Gasteiger partial charge in [0.15, 0.2) is 0 Å². The van der Waals surface area contributed by atoms with Crippen LogP contribution in [0, 0.1) is 5.92 Å². The molecule has 0 aliphatic carbocycles. The maximum absolute atomic E-state index is 10.9. The molecular formula is C8H16N2O2. The predicted octanol–water partition coefficient (Wildman–Crippen LogP) is -0.105. The first-order chi connectivity index (χ1) is 5.75. The average Bonchev–Trinajstić information content (AvgIpc) is 2.54. The van der Waals surface area contributed by atoms with Crippen molar-refractivity contribution in [1.82, 2.24) is 10.6 Å². The normalized spacial score (nSPS) is 20.6. The monoisotopic (exact) mass is 172 g/mol. The molecule has 0 saturated carbocycles. The van der Waals surface area contributed by atoms with E-state index in [1.807, 2.05) is 13.8 Å². The second kappa shape index (κ2) is 5.57. The maximum Gasteiger partial charge on any atom is 0.232 e. The molecule has 2 amide bonds. The van der Waals surface area contributed by atoms with Crippen LogP contribution in [0.25, 0.3) is 0 Å². The van der Waals surface area contributed by atoms with Crippen LogP contribution in [0.5, 0.6) is 0 Å². The largest absolute Gasteiger partial charge is 0.358 e. The summed E-state index contributed by atoms with van der Waals surface area (Å²) in [6, 6.07) is 0. The summed E-state index contributed by atoms with van der Waals surface area (Å²) in [5, 5.41) is 5.02. The van der Waals surface area contributed by atoms with Gasteiger partial charge in [0, 0.05) is 13.6 Å². The van der Waals surface area contributed by atoms with E-state index in [0.29, 0.717) is 13.0 Å². The molecule has 0 aromatic carbocycles. The van der Waals surface area contributed by atoms with Crippen molar-refractivity contribution in [1.29, 1.82) is 0 Å². The Bertz CT molecular complexity index is 168. The van der Waals surface area contributed by atoms with Crippen LogP contribution in [-0.4, -0.2) is 25.4 Å². The smallest absolute Gasteiger partial charge is 0.232 e. The molecule has 70 valence electrons. The van der Waals surface area contributed by atoms with E-state index in [1.54, 1.807) is 0 Å². The standard InChI is InChI=1S/C6H10N2O2.C2H6/c1-7-5(9)4-2-3-8-6(4)10;1-2/h4H,2-3H2,1H3,(H,7,9)(H,8,10);1-2H3. The van der Waals surface area contributed by atoms with E-state index in [2.05, 4.69) is 10.6 Å². The summed E-state index contributed by atoms with van der Waals surface area (Å²) in [6.45, 7) is 4.62. The summed E-state index contributed by atoms with van der Waals surface area (Å²) in [5.74, 6) is -0.792. The van der Waals surface area contributed by atoms with Gasteiger partial charge in [0.05, 0.1) is 0 Å². The van der Waals surface area contributed by atoms with E-state index < -0.39 is 5.92 Å². The first kappa shape index (κ1) is 10.9. The molecular weight excluding hydrogens is 156 g/mol. The third-order valence-electron chi connectivity index (χ3n) is 1.61. The summed E-state index contributed by atoms with van der Waals surface area (Å²) in [7, 11) is 1.54. The van der Waals surface area contributed by atoms with Gasteiger partial charge in [-0.2, -0.15) is 0 Å². The molecule has 0 spiro atoms. The minimum absolute atomic E-state index is 0.153. The molecule has 0 aromatic heterocycles. The number of hydrogen-bond donors (Lipinski definition) is 2. The first-order valence-corrected chi connectivity index (χ1v) is 4.25. The van der Waals surface area contributed by atoms with Crippen molar-refractivity contribution in [2.24, 2.45) is 5.92 Å². The van der Waals surface area contributed by atoms with E-state index in [0.717, 1.165) is 0 Å². The van der Waals surface area contributed by atoms with Crippen molar-refractivity contribution in [3.05, 3.63) is 0 Å². The first-order valence-electron chi connectivity index (χ1n) is 4.25. The second-order valence-electron chi connectivity index (χ2n) is 2.25. The zero-order chi connectivity index (χ0) is 9.56. The highest BCUT2D eigenvalue weighted by Gasteiger charge is 2.29. The number of nitrogens with one attached hydrogen (secondary N) is 2. The van der Waals surface area contributed by atoms with Gasteiger partial charge in [-0.1, -0.05) is 13.8 Å². The zero-order valence-corrected chi connectivity index (χ0v) is 7.81. The van der Waals surface area contributed by atoms with E-state index in [-0.39, 0.29) is 11.8 Å². The Morgan fingerprint density at radius 1 is 1.58 bits per heavy atom. The van der Waals surface area contributed by atoms with Gasteiger partial charge in [-0.25, -0.2) is 0 Å². The van der Waals surface area contributed by atoms with Crippen LogP contribution < -0.4 is 10.6 Å². The van der Waals surface area contributed by atoms with Crippen molar-refractivity contribution in [2.45, 2.75) is 20.3 Å². The SMILES string of the molecule is CC.CNC(=O)C1CCNC1=O. The summed E-state index contributed by atoms with van der Waals surface area (Å²) < 4.78 is 0. The topological polar surface area (TPSA) is 58.2 Å². The molecule has 0 bridgehead atoms. The fourth-order valence-electron chi connectivity index (χ4n) is 1.02. The molecule has 0 radical (unpaired) electrons. The maximum atomic E-state index is 10.9. The van der Waals surface area contributed by atoms with Gasteiger partial charge in [0.2, 0.25) is 11.8 Å². The van der Waals surface area contributed by atoms with E-state index in [4.69, 9.17) is 0 Å². The molecule has 1 atom stereocenters. The number of carbonyl (C=O) groups excluding carboxylic acids is 2. The summed E-state index contributed by atoms with van der Waals surface area (Å²) >= 11 is 0. The summed E-state index contributed by atoms with van der Waals surface area (Å²) in [6.07, 6.45) is 0.624. The quantitative estimate of drug-likeness (QED) is 0.542. The summed E-state index contributed by atoms with van der Waals surface area (Å²) in [5.41, 5.74) is 0. The van der Waals surface area contributed by atoms with Crippen LogP contribution in [0.2, 0.25) is 0 Å². The number of hydrogen-bond acceptors (Lipinski definition) is 2. The molecule has 0 aromatic rings. The molecule has 2 N–H and O–H groups in total.